The first-order valence-electron chi connectivity index (χ1n) is 8.21. The summed E-state index contributed by atoms with van der Waals surface area (Å²) in [6.45, 7) is 4.92. The van der Waals surface area contributed by atoms with Gasteiger partial charge in [-0.3, -0.25) is 4.79 Å². The Labute approximate surface area is 169 Å². The maximum atomic E-state index is 12.3. The molecular weight excluding hydrogens is 466 g/mol. The normalized spacial score (nSPS) is 13.8. The van der Waals surface area contributed by atoms with Gasteiger partial charge >= 0.3 is 0 Å². The van der Waals surface area contributed by atoms with E-state index in [9.17, 15) is 4.79 Å². The second-order valence-corrected chi connectivity index (χ2v) is 7.75. The molecule has 0 saturated carbocycles. The molecule has 5 nitrogen and oxygen atoms in total. The Kier molecular flexibility index (Phi) is 6.09. The van der Waals surface area contributed by atoms with E-state index in [0.29, 0.717) is 24.7 Å². The molecule has 0 saturated heterocycles. The quantitative estimate of drug-likeness (QED) is 0.676. The molecule has 0 aromatic heterocycles. The average Bonchev–Trinajstić information content (AvgIpc) is 2.60. The van der Waals surface area contributed by atoms with E-state index < -0.39 is 0 Å². The van der Waals surface area contributed by atoms with Crippen molar-refractivity contribution >= 4 is 37.8 Å². The van der Waals surface area contributed by atoms with E-state index in [0.717, 1.165) is 25.8 Å². The second kappa shape index (κ2) is 8.31. The molecule has 0 fully saturated rings. The number of benzene rings is 2. The van der Waals surface area contributed by atoms with Crippen molar-refractivity contribution in [3.8, 4) is 17.2 Å². The fourth-order valence-electron chi connectivity index (χ4n) is 2.66. The van der Waals surface area contributed by atoms with Crippen molar-refractivity contribution in [3.63, 3.8) is 0 Å². The molecule has 1 aliphatic rings. The van der Waals surface area contributed by atoms with Crippen LogP contribution in [0.25, 0.3) is 0 Å². The van der Waals surface area contributed by atoms with Gasteiger partial charge in [-0.15, -0.1) is 0 Å². The summed E-state index contributed by atoms with van der Waals surface area (Å²) in [6, 6.07) is 9.39. The van der Waals surface area contributed by atoms with Crippen molar-refractivity contribution in [2.24, 2.45) is 0 Å². The van der Waals surface area contributed by atoms with Gasteiger partial charge in [0.15, 0.2) is 18.1 Å². The smallest absolute Gasteiger partial charge is 0.258 e. The van der Waals surface area contributed by atoms with Gasteiger partial charge in [0, 0.05) is 0 Å². The monoisotopic (exact) mass is 483 g/mol. The van der Waals surface area contributed by atoms with Crippen molar-refractivity contribution in [1.29, 1.82) is 0 Å². The van der Waals surface area contributed by atoms with E-state index in [1.165, 1.54) is 0 Å². The lowest BCUT2D eigenvalue weighted by molar-refractivity contribution is -0.123. The van der Waals surface area contributed by atoms with Gasteiger partial charge in [-0.1, -0.05) is 6.07 Å². The lowest BCUT2D eigenvalue weighted by Gasteiger charge is -2.21. The van der Waals surface area contributed by atoms with Gasteiger partial charge in [0.2, 0.25) is 0 Å². The van der Waals surface area contributed by atoms with Crippen LogP contribution in [-0.2, 0) is 4.79 Å². The molecule has 138 valence electrons. The maximum Gasteiger partial charge on any atom is 0.258 e. The molecule has 7 heteroatoms. The fourth-order valence-corrected chi connectivity index (χ4v) is 4.30. The van der Waals surface area contributed by atoms with Crippen LogP contribution in [0.4, 0.5) is 0 Å². The highest BCUT2D eigenvalue weighted by Crippen LogP contribution is 2.35. The van der Waals surface area contributed by atoms with Crippen LogP contribution in [0.3, 0.4) is 0 Å². The molecule has 1 N–H and O–H groups in total. The zero-order valence-electron chi connectivity index (χ0n) is 14.5. The van der Waals surface area contributed by atoms with E-state index in [4.69, 9.17) is 14.2 Å². The highest BCUT2D eigenvalue weighted by atomic mass is 79.9. The van der Waals surface area contributed by atoms with Gasteiger partial charge in [-0.25, -0.2) is 0 Å². The molecule has 3 rings (SSSR count). The van der Waals surface area contributed by atoms with Crippen molar-refractivity contribution in [2.75, 3.05) is 19.8 Å². The Bertz CT molecular complexity index is 802. The number of hydrogen-bond donors (Lipinski definition) is 1. The fraction of sp³-hybridized carbons (Fsp3) is 0.316. The Morgan fingerprint density at radius 3 is 2.50 bits per heavy atom. The van der Waals surface area contributed by atoms with Gasteiger partial charge < -0.3 is 19.5 Å². The molecule has 1 atom stereocenters. The summed E-state index contributed by atoms with van der Waals surface area (Å²) in [5, 5.41) is 2.93. The van der Waals surface area contributed by atoms with Crippen LogP contribution < -0.4 is 19.5 Å². The Morgan fingerprint density at radius 2 is 1.81 bits per heavy atom. The Balaban J connectivity index is 1.60. The van der Waals surface area contributed by atoms with E-state index in [1.54, 1.807) is 0 Å². The number of amides is 1. The van der Waals surface area contributed by atoms with Crippen LogP contribution in [-0.4, -0.2) is 25.7 Å². The number of nitrogens with one attached hydrogen (secondary N) is 1. The number of ether oxygens (including phenoxy) is 3. The molecule has 0 aliphatic carbocycles. The van der Waals surface area contributed by atoms with E-state index in [1.807, 2.05) is 44.2 Å². The summed E-state index contributed by atoms with van der Waals surface area (Å²) in [5.74, 6) is 1.85. The molecule has 1 amide bonds. The molecule has 2 aromatic carbocycles. The summed E-state index contributed by atoms with van der Waals surface area (Å²) < 4.78 is 18.4. The lowest BCUT2D eigenvalue weighted by atomic mass is 10.1. The van der Waals surface area contributed by atoms with Crippen LogP contribution in [0.2, 0.25) is 0 Å². The number of rotatable bonds is 5. The standard InChI is InChI=1S/C19H19Br2NO4/c1-11-7-14(20)19(15(21)8-11)26-10-18(23)22-12(2)13-3-4-16-17(9-13)25-6-5-24-16/h3-4,7-9,12H,5-6,10H2,1-2H3,(H,22,23)/t12-/m0/s1. The Morgan fingerprint density at radius 1 is 1.15 bits per heavy atom. The number of halogens is 2. The second-order valence-electron chi connectivity index (χ2n) is 6.04. The molecular formula is C19H19Br2NO4. The zero-order chi connectivity index (χ0) is 18.7. The third kappa shape index (κ3) is 4.51. The number of hydrogen-bond acceptors (Lipinski definition) is 4. The molecule has 0 unspecified atom stereocenters. The minimum atomic E-state index is -0.202. The van der Waals surface area contributed by atoms with Crippen molar-refractivity contribution in [1.82, 2.24) is 5.32 Å². The number of aryl methyl sites for hydroxylation is 1. The highest BCUT2D eigenvalue weighted by Gasteiger charge is 2.17. The van der Waals surface area contributed by atoms with Crippen LogP contribution in [0.15, 0.2) is 39.3 Å². The van der Waals surface area contributed by atoms with Crippen molar-refractivity contribution in [2.45, 2.75) is 19.9 Å². The average molecular weight is 485 g/mol. The molecule has 0 spiro atoms. The summed E-state index contributed by atoms with van der Waals surface area (Å²) in [7, 11) is 0. The van der Waals surface area contributed by atoms with Crippen LogP contribution in [0, 0.1) is 6.92 Å². The minimum Gasteiger partial charge on any atom is -0.486 e. The first-order valence-corrected chi connectivity index (χ1v) is 9.80. The van der Waals surface area contributed by atoms with E-state index in [2.05, 4.69) is 37.2 Å². The zero-order valence-corrected chi connectivity index (χ0v) is 17.6. The number of carbonyl (C=O) groups is 1. The van der Waals surface area contributed by atoms with Gasteiger partial charge in [0.05, 0.1) is 15.0 Å². The highest BCUT2D eigenvalue weighted by molar-refractivity contribution is 9.11. The topological polar surface area (TPSA) is 56.8 Å². The third-order valence-corrected chi connectivity index (χ3v) is 5.11. The lowest BCUT2D eigenvalue weighted by Crippen LogP contribution is -2.31. The van der Waals surface area contributed by atoms with Crippen LogP contribution in [0.1, 0.15) is 24.1 Å². The molecule has 2 aromatic rings. The molecule has 1 aliphatic heterocycles. The van der Waals surface area contributed by atoms with Gasteiger partial charge in [-0.2, -0.15) is 0 Å². The summed E-state index contributed by atoms with van der Waals surface area (Å²) >= 11 is 6.92. The van der Waals surface area contributed by atoms with E-state index in [-0.39, 0.29) is 18.6 Å². The van der Waals surface area contributed by atoms with Crippen molar-refractivity contribution in [3.05, 3.63) is 50.4 Å². The SMILES string of the molecule is Cc1cc(Br)c(OCC(=O)N[C@@H](C)c2ccc3c(c2)OCCO3)c(Br)c1. The van der Waals surface area contributed by atoms with Crippen LogP contribution in [0.5, 0.6) is 17.2 Å². The summed E-state index contributed by atoms with van der Waals surface area (Å²) in [5.41, 5.74) is 2.04. The van der Waals surface area contributed by atoms with E-state index >= 15 is 0 Å². The summed E-state index contributed by atoms with van der Waals surface area (Å²) in [6.07, 6.45) is 0. The molecule has 0 radical (unpaired) electrons. The molecule has 26 heavy (non-hydrogen) atoms. The largest absolute Gasteiger partial charge is 0.486 e. The first kappa shape index (κ1) is 19.0. The van der Waals surface area contributed by atoms with Gasteiger partial charge in [0.25, 0.3) is 5.91 Å². The predicted molar refractivity (Wildman–Crippen MR) is 106 cm³/mol. The number of carbonyl (C=O) groups excluding carboxylic acids is 1. The maximum absolute atomic E-state index is 12.3. The van der Waals surface area contributed by atoms with Crippen molar-refractivity contribution < 1.29 is 19.0 Å². The summed E-state index contributed by atoms with van der Waals surface area (Å²) in [4.78, 5) is 12.3. The van der Waals surface area contributed by atoms with Crippen LogP contribution >= 0.6 is 31.9 Å². The Hall–Kier alpha value is -1.73. The third-order valence-electron chi connectivity index (χ3n) is 3.93. The first-order chi connectivity index (χ1) is 12.4. The minimum absolute atomic E-state index is 0.0743. The number of fused-ring (bicyclic) bond motifs is 1. The molecule has 0 bridgehead atoms. The predicted octanol–water partition coefficient (Wildman–Crippen LogP) is 4.55. The molecule has 1 heterocycles. The van der Waals surface area contributed by atoms with Gasteiger partial charge in [0.1, 0.15) is 19.0 Å². The van der Waals surface area contributed by atoms with Gasteiger partial charge in [-0.05, 0) is 81.1 Å².